The van der Waals surface area contributed by atoms with Crippen LogP contribution < -0.4 is 10.5 Å². The molecule has 5 rings (SSSR count). The molecule has 1 aliphatic rings. The largest absolute Gasteiger partial charge is 0.451 e. The first kappa shape index (κ1) is 21.7. The third-order valence-electron chi connectivity index (χ3n) is 5.88. The van der Waals surface area contributed by atoms with E-state index in [0.29, 0.717) is 27.0 Å². The van der Waals surface area contributed by atoms with Gasteiger partial charge in [-0.15, -0.1) is 11.3 Å². The van der Waals surface area contributed by atoms with Crippen molar-refractivity contribution in [1.29, 1.82) is 0 Å². The summed E-state index contributed by atoms with van der Waals surface area (Å²) >= 11 is 1.42. The van der Waals surface area contributed by atoms with E-state index in [2.05, 4.69) is 9.97 Å². The van der Waals surface area contributed by atoms with E-state index in [1.807, 2.05) is 13.8 Å². The number of nitrogens with zero attached hydrogens (tertiary/aromatic N) is 2. The van der Waals surface area contributed by atoms with Gasteiger partial charge >= 0.3 is 5.97 Å². The molecule has 170 valence electrons. The highest BCUT2D eigenvalue weighted by Gasteiger charge is 2.36. The minimum Gasteiger partial charge on any atom is -0.451 e. The number of carbonyl (C=O) groups excluding carboxylic acids is 3. The lowest BCUT2D eigenvalue weighted by atomic mass is 10.1. The Morgan fingerprint density at radius 2 is 1.62 bits per heavy atom. The number of benzene rings is 2. The van der Waals surface area contributed by atoms with Crippen molar-refractivity contribution < 1.29 is 19.1 Å². The van der Waals surface area contributed by atoms with Gasteiger partial charge in [0.2, 0.25) is 0 Å². The van der Waals surface area contributed by atoms with Gasteiger partial charge in [0.25, 0.3) is 17.4 Å². The molecular weight excluding hydrogens is 454 g/mol. The highest BCUT2D eigenvalue weighted by molar-refractivity contribution is 7.18. The number of esters is 1. The summed E-state index contributed by atoms with van der Waals surface area (Å²) in [5, 5.41) is 0.550. The highest BCUT2D eigenvalue weighted by Crippen LogP contribution is 2.29. The SMILES string of the molecule is Cc1sc2nc([C@H](C)OC(=O)c3ccc(N4C(=O)c5ccccc5C4=O)cc3)[nH]c(=O)c2c1C. The number of ether oxygens (including phenoxy) is 1. The van der Waals surface area contributed by atoms with Crippen LogP contribution in [0.25, 0.3) is 10.2 Å². The average molecular weight is 474 g/mol. The summed E-state index contributed by atoms with van der Waals surface area (Å²) in [5.74, 6) is -1.18. The molecule has 1 atom stereocenters. The molecule has 0 unspecified atom stereocenters. The van der Waals surface area contributed by atoms with Crippen LogP contribution in [0, 0.1) is 13.8 Å². The van der Waals surface area contributed by atoms with Crippen molar-refractivity contribution in [2.24, 2.45) is 0 Å². The lowest BCUT2D eigenvalue weighted by Crippen LogP contribution is -2.29. The van der Waals surface area contributed by atoms with E-state index < -0.39 is 23.9 Å². The summed E-state index contributed by atoms with van der Waals surface area (Å²) in [6.45, 7) is 5.43. The third-order valence-corrected chi connectivity index (χ3v) is 6.98. The molecule has 34 heavy (non-hydrogen) atoms. The fourth-order valence-corrected chi connectivity index (χ4v) is 4.96. The summed E-state index contributed by atoms with van der Waals surface area (Å²) in [4.78, 5) is 60.4. The van der Waals surface area contributed by atoms with Crippen molar-refractivity contribution in [1.82, 2.24) is 9.97 Å². The van der Waals surface area contributed by atoms with Crippen molar-refractivity contribution >= 4 is 45.0 Å². The quantitative estimate of drug-likeness (QED) is 0.349. The Morgan fingerprint density at radius 1 is 1.00 bits per heavy atom. The average Bonchev–Trinajstić information content (AvgIpc) is 3.26. The van der Waals surface area contributed by atoms with Crippen LogP contribution in [0.4, 0.5) is 5.69 Å². The van der Waals surface area contributed by atoms with Crippen LogP contribution in [-0.4, -0.2) is 27.8 Å². The van der Waals surface area contributed by atoms with E-state index >= 15 is 0 Å². The molecule has 8 nitrogen and oxygen atoms in total. The lowest BCUT2D eigenvalue weighted by molar-refractivity contribution is 0.0320. The molecule has 4 aromatic rings. The number of aryl methyl sites for hydroxylation is 2. The Balaban J connectivity index is 1.34. The Kier molecular flexibility index (Phi) is 5.13. The first-order valence-corrected chi connectivity index (χ1v) is 11.4. The molecule has 0 aliphatic carbocycles. The highest BCUT2D eigenvalue weighted by atomic mass is 32.1. The van der Waals surface area contributed by atoms with Gasteiger partial charge in [-0.25, -0.2) is 14.7 Å². The van der Waals surface area contributed by atoms with E-state index in [9.17, 15) is 19.2 Å². The molecule has 0 radical (unpaired) electrons. The fourth-order valence-electron chi connectivity index (χ4n) is 3.92. The zero-order valence-corrected chi connectivity index (χ0v) is 19.4. The number of H-pyrrole nitrogens is 1. The van der Waals surface area contributed by atoms with Crippen LogP contribution in [0.2, 0.25) is 0 Å². The predicted octanol–water partition coefficient (Wildman–Crippen LogP) is 4.32. The lowest BCUT2D eigenvalue weighted by Gasteiger charge is -2.15. The van der Waals surface area contributed by atoms with Gasteiger partial charge in [0, 0.05) is 4.88 Å². The summed E-state index contributed by atoms with van der Waals surface area (Å²) in [6, 6.07) is 12.6. The Labute approximate surface area is 197 Å². The zero-order chi connectivity index (χ0) is 24.1. The first-order valence-electron chi connectivity index (χ1n) is 10.5. The second-order valence-electron chi connectivity index (χ2n) is 8.00. The molecule has 3 heterocycles. The molecule has 0 saturated carbocycles. The molecular formula is C25H19N3O5S. The number of nitrogens with one attached hydrogen (secondary N) is 1. The van der Waals surface area contributed by atoms with E-state index in [4.69, 9.17) is 4.74 Å². The maximum Gasteiger partial charge on any atom is 0.338 e. The Morgan fingerprint density at radius 3 is 2.24 bits per heavy atom. The van der Waals surface area contributed by atoms with Gasteiger partial charge in [-0.3, -0.25) is 14.4 Å². The van der Waals surface area contributed by atoms with Gasteiger partial charge in [0.05, 0.1) is 27.8 Å². The number of thiophene rings is 1. The molecule has 2 aromatic carbocycles. The number of anilines is 1. The molecule has 0 fully saturated rings. The smallest absolute Gasteiger partial charge is 0.338 e. The first-order chi connectivity index (χ1) is 16.3. The van der Waals surface area contributed by atoms with Crippen LogP contribution in [0.5, 0.6) is 0 Å². The summed E-state index contributed by atoms with van der Waals surface area (Å²) < 4.78 is 5.51. The molecule has 0 saturated heterocycles. The minimum atomic E-state index is -0.789. The number of carbonyl (C=O) groups is 3. The van der Waals surface area contributed by atoms with E-state index in [0.717, 1.165) is 15.3 Å². The molecule has 2 amide bonds. The van der Waals surface area contributed by atoms with Crippen LogP contribution >= 0.6 is 11.3 Å². The van der Waals surface area contributed by atoms with Gasteiger partial charge in [0.15, 0.2) is 11.9 Å². The predicted molar refractivity (Wildman–Crippen MR) is 128 cm³/mol. The maximum atomic E-state index is 12.7. The molecule has 1 N–H and O–H groups in total. The number of imide groups is 1. The number of aromatic amines is 1. The molecule has 0 spiro atoms. The second-order valence-corrected chi connectivity index (χ2v) is 9.20. The van der Waals surface area contributed by atoms with Gasteiger partial charge in [0.1, 0.15) is 4.83 Å². The van der Waals surface area contributed by atoms with Crippen LogP contribution in [-0.2, 0) is 4.74 Å². The number of hydrogen-bond acceptors (Lipinski definition) is 7. The maximum absolute atomic E-state index is 12.7. The number of amides is 2. The van der Waals surface area contributed by atoms with E-state index in [1.165, 1.54) is 35.6 Å². The topological polar surface area (TPSA) is 109 Å². The van der Waals surface area contributed by atoms with Crippen LogP contribution in [0.1, 0.15) is 60.4 Å². The van der Waals surface area contributed by atoms with Crippen molar-refractivity contribution in [2.75, 3.05) is 4.90 Å². The normalized spacial score (nSPS) is 13.9. The zero-order valence-electron chi connectivity index (χ0n) is 18.5. The van der Waals surface area contributed by atoms with Crippen molar-refractivity contribution in [2.45, 2.75) is 26.9 Å². The monoisotopic (exact) mass is 473 g/mol. The number of fused-ring (bicyclic) bond motifs is 2. The Hall–Kier alpha value is -4.11. The van der Waals surface area contributed by atoms with Gasteiger partial charge in [-0.05, 0) is 62.7 Å². The van der Waals surface area contributed by atoms with Crippen LogP contribution in [0.15, 0.2) is 53.3 Å². The summed E-state index contributed by atoms with van der Waals surface area (Å²) in [6.07, 6.45) is -0.789. The molecule has 9 heteroatoms. The standard InChI is InChI=1S/C25H19N3O5S/c1-12-14(3)34-22-19(12)21(29)26-20(27-22)13(2)33-25(32)15-8-10-16(11-9-15)28-23(30)17-6-4-5-7-18(17)24(28)31/h4-11,13H,1-3H3,(H,26,27,29)/t13-/m0/s1. The van der Waals surface area contributed by atoms with E-state index in [1.54, 1.807) is 31.2 Å². The van der Waals surface area contributed by atoms with Crippen molar-refractivity contribution in [3.05, 3.63) is 91.8 Å². The number of aromatic nitrogens is 2. The summed E-state index contributed by atoms with van der Waals surface area (Å²) in [5.41, 5.74) is 1.91. The number of rotatable bonds is 4. The molecule has 2 aromatic heterocycles. The second kappa shape index (κ2) is 8.03. The third kappa shape index (κ3) is 3.41. The van der Waals surface area contributed by atoms with Crippen LogP contribution in [0.3, 0.4) is 0 Å². The van der Waals surface area contributed by atoms with Crippen molar-refractivity contribution in [3.8, 4) is 0 Å². The summed E-state index contributed by atoms with van der Waals surface area (Å²) in [7, 11) is 0. The van der Waals surface area contributed by atoms with Gasteiger partial charge < -0.3 is 9.72 Å². The Bertz CT molecular complexity index is 1520. The van der Waals surface area contributed by atoms with E-state index in [-0.39, 0.29) is 16.9 Å². The minimum absolute atomic E-state index is 0.235. The fraction of sp³-hybridized carbons (Fsp3) is 0.160. The molecule has 0 bridgehead atoms. The van der Waals surface area contributed by atoms with Gasteiger partial charge in [-0.2, -0.15) is 0 Å². The molecule has 1 aliphatic heterocycles. The van der Waals surface area contributed by atoms with Crippen molar-refractivity contribution in [3.63, 3.8) is 0 Å². The van der Waals surface area contributed by atoms with Gasteiger partial charge in [-0.1, -0.05) is 12.1 Å². The number of hydrogen-bond donors (Lipinski definition) is 1.